The van der Waals surface area contributed by atoms with Crippen LogP contribution in [-0.4, -0.2) is 9.97 Å². The zero-order valence-electron chi connectivity index (χ0n) is 7.99. The van der Waals surface area contributed by atoms with E-state index in [2.05, 4.69) is 9.97 Å². The highest BCUT2D eigenvalue weighted by Gasteiger charge is 2.02. The van der Waals surface area contributed by atoms with Crippen molar-refractivity contribution in [2.24, 2.45) is 0 Å². The second-order valence-corrected chi connectivity index (χ2v) is 4.11. The summed E-state index contributed by atoms with van der Waals surface area (Å²) in [5, 5.41) is 0. The lowest BCUT2D eigenvalue weighted by Gasteiger charge is -1.99. The molecule has 0 aliphatic heterocycles. The second-order valence-electron chi connectivity index (χ2n) is 2.99. The number of rotatable bonds is 2. The molecule has 2 aromatic rings. The number of aromatic amines is 2. The fraction of sp³-hybridized carbons (Fsp3) is 0. The second kappa shape index (κ2) is 4.36. The van der Waals surface area contributed by atoms with E-state index in [1.807, 2.05) is 0 Å². The van der Waals surface area contributed by atoms with Crippen LogP contribution in [-0.2, 0) is 0 Å². The molecule has 2 N–H and O–H groups in total. The van der Waals surface area contributed by atoms with E-state index in [0.29, 0.717) is 4.90 Å². The van der Waals surface area contributed by atoms with Crippen LogP contribution in [0.5, 0.6) is 0 Å². The lowest BCUT2D eigenvalue weighted by Crippen LogP contribution is -2.22. The Morgan fingerprint density at radius 2 is 1.81 bits per heavy atom. The minimum Gasteiger partial charge on any atom is -0.313 e. The average molecular weight is 238 g/mol. The van der Waals surface area contributed by atoms with Gasteiger partial charge in [-0.2, -0.15) is 0 Å². The predicted molar refractivity (Wildman–Crippen MR) is 58.2 cm³/mol. The van der Waals surface area contributed by atoms with Gasteiger partial charge in [0.1, 0.15) is 5.82 Å². The van der Waals surface area contributed by atoms with Gasteiger partial charge in [0.05, 0.1) is 4.90 Å². The van der Waals surface area contributed by atoms with Crippen LogP contribution in [0.15, 0.2) is 49.8 Å². The summed E-state index contributed by atoms with van der Waals surface area (Å²) in [5.41, 5.74) is -1.01. The standard InChI is InChI=1S/C10H7FN2O2S/c11-6-1-3-7(4-2-6)16-8-5-12-10(15)13-9(8)14/h1-5H,(H2,12,13,14,15). The Morgan fingerprint density at radius 1 is 1.12 bits per heavy atom. The Kier molecular flexibility index (Phi) is 2.91. The smallest absolute Gasteiger partial charge is 0.313 e. The molecule has 0 aliphatic rings. The molecule has 0 bridgehead atoms. The summed E-state index contributed by atoms with van der Waals surface area (Å²) >= 11 is 1.15. The van der Waals surface area contributed by atoms with E-state index in [0.717, 1.165) is 16.7 Å². The van der Waals surface area contributed by atoms with Crippen molar-refractivity contribution in [3.05, 3.63) is 57.1 Å². The number of hydrogen-bond donors (Lipinski definition) is 2. The molecule has 0 spiro atoms. The summed E-state index contributed by atoms with van der Waals surface area (Å²) in [6.45, 7) is 0. The fourth-order valence-corrected chi connectivity index (χ4v) is 1.89. The van der Waals surface area contributed by atoms with Crippen LogP contribution < -0.4 is 11.2 Å². The van der Waals surface area contributed by atoms with Gasteiger partial charge in [0.2, 0.25) is 0 Å². The first-order chi connectivity index (χ1) is 7.65. The summed E-state index contributed by atoms with van der Waals surface area (Å²) in [6.07, 6.45) is 1.33. The molecular formula is C10H7FN2O2S. The summed E-state index contributed by atoms with van der Waals surface area (Å²) < 4.78 is 12.6. The van der Waals surface area contributed by atoms with Gasteiger partial charge in [0.15, 0.2) is 0 Å². The maximum absolute atomic E-state index is 12.6. The van der Waals surface area contributed by atoms with Crippen LogP contribution in [0.1, 0.15) is 0 Å². The van der Waals surface area contributed by atoms with Crippen molar-refractivity contribution in [2.75, 3.05) is 0 Å². The van der Waals surface area contributed by atoms with Crippen LogP contribution in [0.25, 0.3) is 0 Å². The van der Waals surface area contributed by atoms with Crippen molar-refractivity contribution in [1.29, 1.82) is 0 Å². The first-order valence-corrected chi connectivity index (χ1v) is 5.22. The SMILES string of the molecule is O=c1[nH]cc(Sc2ccc(F)cc2)c(=O)[nH]1. The Bertz CT molecular complexity index is 603. The predicted octanol–water partition coefficient (Wildman–Crippen LogP) is 1.35. The molecule has 0 saturated carbocycles. The number of benzene rings is 1. The molecule has 1 aromatic heterocycles. The summed E-state index contributed by atoms with van der Waals surface area (Å²) in [6, 6.07) is 5.74. The van der Waals surface area contributed by atoms with Gasteiger partial charge in [-0.1, -0.05) is 11.8 Å². The third-order valence-electron chi connectivity index (χ3n) is 1.83. The zero-order valence-corrected chi connectivity index (χ0v) is 8.81. The molecule has 0 saturated heterocycles. The molecule has 0 radical (unpaired) electrons. The van der Waals surface area contributed by atoms with E-state index in [9.17, 15) is 14.0 Å². The monoisotopic (exact) mass is 238 g/mol. The Morgan fingerprint density at radius 3 is 2.44 bits per heavy atom. The maximum Gasteiger partial charge on any atom is 0.325 e. The van der Waals surface area contributed by atoms with E-state index in [-0.39, 0.29) is 5.82 Å². The Balaban J connectivity index is 2.30. The third kappa shape index (κ3) is 2.40. The van der Waals surface area contributed by atoms with E-state index < -0.39 is 11.2 Å². The highest BCUT2D eigenvalue weighted by Crippen LogP contribution is 2.23. The maximum atomic E-state index is 12.6. The van der Waals surface area contributed by atoms with Crippen molar-refractivity contribution in [1.82, 2.24) is 9.97 Å². The molecule has 1 aromatic carbocycles. The molecule has 0 amide bonds. The molecule has 4 nitrogen and oxygen atoms in total. The lowest BCUT2D eigenvalue weighted by atomic mass is 10.4. The zero-order chi connectivity index (χ0) is 11.5. The van der Waals surface area contributed by atoms with Crippen molar-refractivity contribution >= 4 is 11.8 Å². The molecule has 0 unspecified atom stereocenters. The number of halogens is 1. The Labute approximate surface area is 93.5 Å². The van der Waals surface area contributed by atoms with E-state index in [1.54, 1.807) is 12.1 Å². The number of nitrogens with one attached hydrogen (secondary N) is 2. The van der Waals surface area contributed by atoms with Crippen molar-refractivity contribution in [3.8, 4) is 0 Å². The van der Waals surface area contributed by atoms with Crippen LogP contribution in [0.3, 0.4) is 0 Å². The van der Waals surface area contributed by atoms with Gasteiger partial charge in [0.25, 0.3) is 5.56 Å². The number of hydrogen-bond acceptors (Lipinski definition) is 3. The molecule has 16 heavy (non-hydrogen) atoms. The number of aromatic nitrogens is 2. The van der Waals surface area contributed by atoms with Crippen molar-refractivity contribution in [3.63, 3.8) is 0 Å². The van der Waals surface area contributed by atoms with Gasteiger partial charge in [-0.25, -0.2) is 9.18 Å². The topological polar surface area (TPSA) is 65.7 Å². The van der Waals surface area contributed by atoms with Crippen LogP contribution in [0.4, 0.5) is 4.39 Å². The highest BCUT2D eigenvalue weighted by molar-refractivity contribution is 7.99. The molecule has 2 rings (SSSR count). The summed E-state index contributed by atoms with van der Waals surface area (Å²) in [4.78, 5) is 27.7. The molecule has 0 fully saturated rings. The first kappa shape index (κ1) is 10.7. The quantitative estimate of drug-likeness (QED) is 0.830. The van der Waals surface area contributed by atoms with Crippen LogP contribution in [0.2, 0.25) is 0 Å². The average Bonchev–Trinajstić information content (AvgIpc) is 2.25. The first-order valence-electron chi connectivity index (χ1n) is 4.40. The number of H-pyrrole nitrogens is 2. The third-order valence-corrected chi connectivity index (χ3v) is 2.86. The Hall–Kier alpha value is -1.82. The van der Waals surface area contributed by atoms with Gasteiger partial charge in [-0.05, 0) is 24.3 Å². The minimum atomic E-state index is -0.548. The van der Waals surface area contributed by atoms with Gasteiger partial charge >= 0.3 is 5.69 Å². The molecule has 0 aliphatic carbocycles. The van der Waals surface area contributed by atoms with Gasteiger partial charge in [-0.15, -0.1) is 0 Å². The van der Waals surface area contributed by atoms with E-state index >= 15 is 0 Å². The lowest BCUT2D eigenvalue weighted by molar-refractivity contribution is 0.626. The van der Waals surface area contributed by atoms with E-state index in [4.69, 9.17) is 0 Å². The normalized spacial score (nSPS) is 10.3. The van der Waals surface area contributed by atoms with E-state index in [1.165, 1.54) is 18.3 Å². The van der Waals surface area contributed by atoms with Gasteiger partial charge in [0, 0.05) is 11.1 Å². The van der Waals surface area contributed by atoms with Crippen LogP contribution >= 0.6 is 11.8 Å². The van der Waals surface area contributed by atoms with Gasteiger partial charge < -0.3 is 4.98 Å². The molecule has 0 atom stereocenters. The van der Waals surface area contributed by atoms with Crippen molar-refractivity contribution in [2.45, 2.75) is 9.79 Å². The molecule has 6 heteroatoms. The fourth-order valence-electron chi connectivity index (χ4n) is 1.10. The van der Waals surface area contributed by atoms with Crippen molar-refractivity contribution < 1.29 is 4.39 Å². The summed E-state index contributed by atoms with van der Waals surface area (Å²) in [7, 11) is 0. The molecule has 1 heterocycles. The molecular weight excluding hydrogens is 231 g/mol. The van der Waals surface area contributed by atoms with Crippen LogP contribution in [0, 0.1) is 5.82 Å². The minimum absolute atomic E-state index is 0.334. The van der Waals surface area contributed by atoms with Gasteiger partial charge in [-0.3, -0.25) is 9.78 Å². The molecule has 82 valence electrons. The highest BCUT2D eigenvalue weighted by atomic mass is 32.2. The largest absolute Gasteiger partial charge is 0.325 e. The summed E-state index contributed by atoms with van der Waals surface area (Å²) in [5.74, 6) is -0.334.